The minimum absolute atomic E-state index is 0.0480. The van der Waals surface area contributed by atoms with Gasteiger partial charge in [-0.1, -0.05) is 0 Å². The number of nitrogen functional groups attached to an aromatic ring is 1. The molecule has 1 amide bonds. The number of rotatable bonds is 4. The first kappa shape index (κ1) is 14.8. The van der Waals surface area contributed by atoms with Gasteiger partial charge < -0.3 is 15.8 Å². The highest BCUT2D eigenvalue weighted by atomic mass is 19.2. The lowest BCUT2D eigenvalue weighted by molar-refractivity contribution is 0.102. The van der Waals surface area contributed by atoms with Gasteiger partial charge >= 0.3 is 0 Å². The number of hydrogen-bond donors (Lipinski definition) is 2. The molecule has 0 bridgehead atoms. The molecule has 21 heavy (non-hydrogen) atoms. The number of halogens is 2. The lowest BCUT2D eigenvalue weighted by Crippen LogP contribution is -2.15. The van der Waals surface area contributed by atoms with E-state index >= 15 is 0 Å². The Hall–Kier alpha value is -2.63. The molecule has 3 N–H and O–H groups in total. The Labute approximate surface area is 120 Å². The van der Waals surface area contributed by atoms with E-state index in [1.54, 1.807) is 12.1 Å². The summed E-state index contributed by atoms with van der Waals surface area (Å²) < 4.78 is 32.0. The van der Waals surface area contributed by atoms with Crippen LogP contribution in [0, 0.1) is 11.6 Å². The molecule has 0 spiro atoms. The van der Waals surface area contributed by atoms with Crippen LogP contribution in [0.5, 0.6) is 5.75 Å². The predicted molar refractivity (Wildman–Crippen MR) is 76.3 cm³/mol. The molecule has 4 nitrogen and oxygen atoms in total. The minimum atomic E-state index is -1.19. The summed E-state index contributed by atoms with van der Waals surface area (Å²) in [5, 5.41) is 2.27. The topological polar surface area (TPSA) is 64.3 Å². The highest BCUT2D eigenvalue weighted by Crippen LogP contribution is 2.25. The number of nitrogens with one attached hydrogen (secondary N) is 1. The third-order valence-electron chi connectivity index (χ3n) is 2.79. The number of carbonyl (C=O) groups is 1. The van der Waals surface area contributed by atoms with Crippen molar-refractivity contribution in [2.75, 3.05) is 17.7 Å². The van der Waals surface area contributed by atoms with Crippen molar-refractivity contribution in [2.45, 2.75) is 6.92 Å². The highest BCUT2D eigenvalue weighted by molar-refractivity contribution is 6.05. The summed E-state index contributed by atoms with van der Waals surface area (Å²) in [7, 11) is 0. The largest absolute Gasteiger partial charge is 0.494 e. The quantitative estimate of drug-likeness (QED) is 0.851. The first-order chi connectivity index (χ1) is 10.0. The number of ether oxygens (including phenoxy) is 1. The molecule has 0 aliphatic heterocycles. The molecule has 0 fully saturated rings. The Morgan fingerprint density at radius 1 is 1.19 bits per heavy atom. The van der Waals surface area contributed by atoms with Crippen LogP contribution < -0.4 is 15.8 Å². The normalized spacial score (nSPS) is 10.2. The van der Waals surface area contributed by atoms with Gasteiger partial charge in [0.1, 0.15) is 11.4 Å². The van der Waals surface area contributed by atoms with Crippen LogP contribution in [0.15, 0.2) is 36.4 Å². The lowest BCUT2D eigenvalue weighted by atomic mass is 10.2. The van der Waals surface area contributed by atoms with Gasteiger partial charge in [-0.3, -0.25) is 4.79 Å². The number of benzene rings is 2. The van der Waals surface area contributed by atoms with Gasteiger partial charge in [0, 0.05) is 5.56 Å². The summed E-state index contributed by atoms with van der Waals surface area (Å²) in [5.74, 6) is -2.24. The van der Waals surface area contributed by atoms with E-state index in [2.05, 4.69) is 5.32 Å². The summed E-state index contributed by atoms with van der Waals surface area (Å²) in [6, 6.07) is 8.36. The molecular formula is C15H14F2N2O2. The second-order valence-electron chi connectivity index (χ2n) is 4.24. The molecule has 0 unspecified atom stereocenters. The standard InChI is InChI=1S/C15H14F2N2O2/c1-2-21-10-5-3-9(4-6-10)15(20)19-14-12(18)8-7-11(16)13(14)17/h3-8H,2,18H2,1H3,(H,19,20). The monoisotopic (exact) mass is 292 g/mol. The van der Waals surface area contributed by atoms with Crippen LogP contribution in [0.1, 0.15) is 17.3 Å². The molecule has 0 saturated heterocycles. The van der Waals surface area contributed by atoms with E-state index in [0.717, 1.165) is 6.07 Å². The Balaban J connectivity index is 2.20. The van der Waals surface area contributed by atoms with E-state index in [1.165, 1.54) is 18.2 Å². The fourth-order valence-electron chi connectivity index (χ4n) is 1.75. The van der Waals surface area contributed by atoms with E-state index in [-0.39, 0.29) is 16.9 Å². The maximum Gasteiger partial charge on any atom is 0.255 e. The van der Waals surface area contributed by atoms with Crippen molar-refractivity contribution in [2.24, 2.45) is 0 Å². The fourth-order valence-corrected chi connectivity index (χ4v) is 1.75. The van der Waals surface area contributed by atoms with Gasteiger partial charge in [-0.05, 0) is 43.3 Å². The van der Waals surface area contributed by atoms with E-state index in [0.29, 0.717) is 12.4 Å². The average Bonchev–Trinajstić information content (AvgIpc) is 2.48. The highest BCUT2D eigenvalue weighted by Gasteiger charge is 2.15. The third kappa shape index (κ3) is 3.28. The van der Waals surface area contributed by atoms with Crippen LogP contribution in [0.4, 0.5) is 20.2 Å². The Morgan fingerprint density at radius 3 is 2.48 bits per heavy atom. The zero-order valence-corrected chi connectivity index (χ0v) is 11.3. The van der Waals surface area contributed by atoms with Crippen molar-refractivity contribution in [1.29, 1.82) is 0 Å². The minimum Gasteiger partial charge on any atom is -0.494 e. The molecule has 6 heteroatoms. The second kappa shape index (κ2) is 6.21. The number of hydrogen-bond acceptors (Lipinski definition) is 3. The molecule has 0 saturated carbocycles. The average molecular weight is 292 g/mol. The number of nitrogens with two attached hydrogens (primary N) is 1. The predicted octanol–water partition coefficient (Wildman–Crippen LogP) is 3.20. The summed E-state index contributed by atoms with van der Waals surface area (Å²) in [6.07, 6.45) is 0. The molecule has 2 aromatic rings. The Kier molecular flexibility index (Phi) is 4.37. The zero-order valence-electron chi connectivity index (χ0n) is 11.3. The molecule has 0 heterocycles. The number of carbonyl (C=O) groups excluding carboxylic acids is 1. The molecular weight excluding hydrogens is 278 g/mol. The van der Waals surface area contributed by atoms with Crippen molar-refractivity contribution in [3.05, 3.63) is 53.6 Å². The summed E-state index contributed by atoms with van der Waals surface area (Å²) >= 11 is 0. The van der Waals surface area contributed by atoms with Crippen molar-refractivity contribution >= 4 is 17.3 Å². The van der Waals surface area contributed by atoms with Crippen molar-refractivity contribution in [3.8, 4) is 5.75 Å². The first-order valence-corrected chi connectivity index (χ1v) is 6.30. The maximum atomic E-state index is 13.6. The first-order valence-electron chi connectivity index (χ1n) is 6.30. The SMILES string of the molecule is CCOc1ccc(C(=O)Nc2c(N)ccc(F)c2F)cc1. The van der Waals surface area contributed by atoms with Crippen LogP contribution in [-0.2, 0) is 0 Å². The van der Waals surface area contributed by atoms with E-state index in [9.17, 15) is 13.6 Å². The van der Waals surface area contributed by atoms with Gasteiger partial charge in [0.2, 0.25) is 0 Å². The van der Waals surface area contributed by atoms with Gasteiger partial charge in [0.05, 0.1) is 12.3 Å². The van der Waals surface area contributed by atoms with Crippen LogP contribution >= 0.6 is 0 Å². The van der Waals surface area contributed by atoms with Gasteiger partial charge in [-0.25, -0.2) is 8.78 Å². The van der Waals surface area contributed by atoms with Crippen LogP contribution in [-0.4, -0.2) is 12.5 Å². The van der Waals surface area contributed by atoms with E-state index < -0.39 is 17.5 Å². The van der Waals surface area contributed by atoms with Gasteiger partial charge in [-0.15, -0.1) is 0 Å². The number of anilines is 2. The molecule has 0 radical (unpaired) electrons. The Morgan fingerprint density at radius 2 is 1.86 bits per heavy atom. The van der Waals surface area contributed by atoms with E-state index in [4.69, 9.17) is 10.5 Å². The van der Waals surface area contributed by atoms with Crippen molar-refractivity contribution in [3.63, 3.8) is 0 Å². The van der Waals surface area contributed by atoms with Crippen molar-refractivity contribution in [1.82, 2.24) is 0 Å². The smallest absolute Gasteiger partial charge is 0.255 e. The summed E-state index contributed by atoms with van der Waals surface area (Å²) in [4.78, 5) is 12.0. The van der Waals surface area contributed by atoms with Crippen LogP contribution in [0.25, 0.3) is 0 Å². The second-order valence-corrected chi connectivity index (χ2v) is 4.24. The summed E-state index contributed by atoms with van der Waals surface area (Å²) in [6.45, 7) is 2.35. The maximum absolute atomic E-state index is 13.6. The number of amides is 1. The van der Waals surface area contributed by atoms with Gasteiger partial charge in [0.25, 0.3) is 5.91 Å². The molecule has 2 rings (SSSR count). The molecule has 0 aliphatic carbocycles. The zero-order chi connectivity index (χ0) is 15.4. The van der Waals surface area contributed by atoms with Gasteiger partial charge in [-0.2, -0.15) is 0 Å². The van der Waals surface area contributed by atoms with Crippen molar-refractivity contribution < 1.29 is 18.3 Å². The third-order valence-corrected chi connectivity index (χ3v) is 2.79. The lowest BCUT2D eigenvalue weighted by Gasteiger charge is -2.10. The molecule has 0 atom stereocenters. The van der Waals surface area contributed by atoms with Crippen LogP contribution in [0.3, 0.4) is 0 Å². The fraction of sp³-hybridized carbons (Fsp3) is 0.133. The molecule has 2 aromatic carbocycles. The molecule has 0 aromatic heterocycles. The molecule has 110 valence electrons. The Bertz CT molecular complexity index is 657. The van der Waals surface area contributed by atoms with Crippen LogP contribution in [0.2, 0.25) is 0 Å². The van der Waals surface area contributed by atoms with E-state index in [1.807, 2.05) is 6.92 Å². The summed E-state index contributed by atoms with van der Waals surface area (Å²) in [5.41, 5.74) is 5.40. The van der Waals surface area contributed by atoms with Gasteiger partial charge in [0.15, 0.2) is 11.6 Å². The molecule has 0 aliphatic rings.